The summed E-state index contributed by atoms with van der Waals surface area (Å²) < 4.78 is 0. The van der Waals surface area contributed by atoms with Gasteiger partial charge < -0.3 is 0 Å². The van der Waals surface area contributed by atoms with E-state index in [1.54, 1.807) is 0 Å². The van der Waals surface area contributed by atoms with E-state index < -0.39 is 15.8 Å². The average Bonchev–Trinajstić information content (AvgIpc) is 3.14. The van der Waals surface area contributed by atoms with Gasteiger partial charge in [-0.1, -0.05) is 194 Å². The molecule has 0 bridgehead atoms. The molecule has 0 spiro atoms. The zero-order valence-corrected chi connectivity index (χ0v) is 29.3. The van der Waals surface area contributed by atoms with Gasteiger partial charge in [-0.25, -0.2) is 0 Å². The molecule has 0 saturated carbocycles. The summed E-state index contributed by atoms with van der Waals surface area (Å²) in [6.07, 6.45) is 0. The Morgan fingerprint density at radius 1 is 0.255 bits per heavy atom. The number of rotatable bonds is 7. The molecule has 0 N–H and O–H groups in total. The Kier molecular flexibility index (Phi) is 9.52. The summed E-state index contributed by atoms with van der Waals surface area (Å²) in [6.45, 7) is 0. The van der Waals surface area contributed by atoms with E-state index in [9.17, 15) is 0 Å². The third-order valence-electron chi connectivity index (χ3n) is 8.60. The molecule has 0 saturated heterocycles. The van der Waals surface area contributed by atoms with Crippen molar-refractivity contribution in [1.29, 1.82) is 0 Å². The Bertz CT molecular complexity index is 2010. The number of benzene rings is 8. The summed E-state index contributed by atoms with van der Waals surface area (Å²) in [5, 5.41) is 13.3. The smallest absolute Gasteiger partial charge is 0.0622 e. The maximum atomic E-state index is 2.42. The summed E-state index contributed by atoms with van der Waals surface area (Å²) in [5.74, 6) is 0. The van der Waals surface area contributed by atoms with Crippen LogP contribution in [-0.2, 0) is 19.5 Å². The summed E-state index contributed by atoms with van der Waals surface area (Å²) in [5.41, 5.74) is 2.70. The minimum absolute atomic E-state index is 0. The quantitative estimate of drug-likeness (QED) is 0.114. The fourth-order valence-electron chi connectivity index (χ4n) is 6.58. The van der Waals surface area contributed by atoms with Crippen LogP contribution in [0.25, 0.3) is 32.7 Å². The molecule has 224 valence electrons. The van der Waals surface area contributed by atoms with E-state index >= 15 is 0 Å². The van der Waals surface area contributed by atoms with Crippen LogP contribution in [0, 0.1) is 0 Å². The number of fused-ring (bicyclic) bond motifs is 2. The van der Waals surface area contributed by atoms with Crippen LogP contribution >= 0.6 is 15.8 Å². The monoisotopic (exact) mass is 724 g/mol. The summed E-state index contributed by atoms with van der Waals surface area (Å²) in [4.78, 5) is 0. The van der Waals surface area contributed by atoms with E-state index in [2.05, 4.69) is 194 Å². The van der Waals surface area contributed by atoms with Gasteiger partial charge in [0.05, 0.1) is 0 Å². The SMILES string of the molecule is [Ru+2].c1ccc(P(c2ccccc2)c2ccc3ccccc3c2-c2c(P(c3ccccc3)c3ccccc3)ccc3ccccc23)cc1. The third-order valence-corrected chi connectivity index (χ3v) is 13.6. The average molecular weight is 724 g/mol. The van der Waals surface area contributed by atoms with Gasteiger partial charge in [-0.2, -0.15) is 0 Å². The van der Waals surface area contributed by atoms with Crippen LogP contribution in [0.3, 0.4) is 0 Å². The summed E-state index contributed by atoms with van der Waals surface area (Å²) in [7, 11) is -1.70. The Morgan fingerprint density at radius 2 is 0.532 bits per heavy atom. The molecule has 0 aliphatic heterocycles. The fraction of sp³-hybridized carbons (Fsp3) is 0. The van der Waals surface area contributed by atoms with E-state index in [0.717, 1.165) is 0 Å². The van der Waals surface area contributed by atoms with Gasteiger partial charge in [-0.15, -0.1) is 0 Å². The molecule has 0 aromatic heterocycles. The topological polar surface area (TPSA) is 0 Å². The third kappa shape index (κ3) is 6.13. The molecule has 0 aliphatic rings. The molecule has 0 aliphatic carbocycles. The van der Waals surface area contributed by atoms with E-state index in [-0.39, 0.29) is 19.5 Å². The van der Waals surface area contributed by atoms with Crippen LogP contribution in [-0.4, -0.2) is 0 Å². The molecule has 0 radical (unpaired) electrons. The Balaban J connectivity index is 0.00000351. The van der Waals surface area contributed by atoms with Crippen molar-refractivity contribution < 1.29 is 19.5 Å². The maximum absolute atomic E-state index is 2.42. The van der Waals surface area contributed by atoms with Gasteiger partial charge in [0.2, 0.25) is 0 Å². The largest absolute Gasteiger partial charge is 2.00 e. The van der Waals surface area contributed by atoms with Crippen LogP contribution in [0.15, 0.2) is 194 Å². The number of hydrogen-bond donors (Lipinski definition) is 0. The second kappa shape index (κ2) is 14.3. The molecule has 0 heterocycles. The van der Waals surface area contributed by atoms with Crippen LogP contribution in [0.2, 0.25) is 0 Å². The summed E-state index contributed by atoms with van der Waals surface area (Å²) in [6, 6.07) is 71.8. The van der Waals surface area contributed by atoms with E-state index in [4.69, 9.17) is 0 Å². The van der Waals surface area contributed by atoms with E-state index in [0.29, 0.717) is 0 Å². The predicted octanol–water partition coefficient (Wildman–Crippen LogP) is 9.17. The zero-order valence-electron chi connectivity index (χ0n) is 25.7. The van der Waals surface area contributed by atoms with Gasteiger partial charge in [-0.3, -0.25) is 0 Å². The molecule has 3 heteroatoms. The molecule has 0 unspecified atom stereocenters. The second-order valence-electron chi connectivity index (χ2n) is 11.4. The summed E-state index contributed by atoms with van der Waals surface area (Å²) >= 11 is 0. The maximum Gasteiger partial charge on any atom is 2.00 e. The zero-order chi connectivity index (χ0) is 30.7. The molecule has 8 aromatic rings. The minimum Gasteiger partial charge on any atom is -0.0622 e. The molecule has 0 atom stereocenters. The van der Waals surface area contributed by atoms with Crippen molar-refractivity contribution in [2.75, 3.05) is 0 Å². The van der Waals surface area contributed by atoms with Gasteiger partial charge in [0.1, 0.15) is 0 Å². The first-order valence-corrected chi connectivity index (χ1v) is 18.4. The van der Waals surface area contributed by atoms with Crippen molar-refractivity contribution >= 4 is 69.2 Å². The van der Waals surface area contributed by atoms with Crippen molar-refractivity contribution in [2.45, 2.75) is 0 Å². The molecule has 8 rings (SSSR count). The minimum atomic E-state index is -0.852. The number of hydrogen-bond acceptors (Lipinski definition) is 0. The van der Waals surface area contributed by atoms with Gasteiger partial charge >= 0.3 is 19.5 Å². The van der Waals surface area contributed by atoms with Gasteiger partial charge in [-0.05, 0) is 80.3 Å². The van der Waals surface area contributed by atoms with Crippen LogP contribution in [0.4, 0.5) is 0 Å². The fourth-order valence-corrected chi connectivity index (χ4v) is 11.5. The van der Waals surface area contributed by atoms with Crippen LogP contribution < -0.4 is 31.8 Å². The van der Waals surface area contributed by atoms with Gasteiger partial charge in [0.15, 0.2) is 0 Å². The van der Waals surface area contributed by atoms with Crippen molar-refractivity contribution in [1.82, 2.24) is 0 Å². The molecule has 8 aromatic carbocycles. The van der Waals surface area contributed by atoms with Crippen molar-refractivity contribution in [3.63, 3.8) is 0 Å². The first-order valence-electron chi connectivity index (χ1n) is 15.7. The first kappa shape index (κ1) is 31.4. The second-order valence-corrected chi connectivity index (χ2v) is 15.7. The van der Waals surface area contributed by atoms with E-state index in [1.807, 2.05) is 0 Å². The first-order chi connectivity index (χ1) is 22.9. The molecular formula is C44H32P2Ru+2. The standard InChI is InChI=1S/C44H32P2.Ru/c1-5-19-35(20-6-1)45(36-21-7-2-8-22-36)41-31-29-33-17-13-15-27-39(33)43(41)44-40-28-16-14-18-34(40)30-32-42(44)46(37-23-9-3-10-24-37)38-25-11-4-12-26-38;/h1-32H;/q;+2. The van der Waals surface area contributed by atoms with Gasteiger partial charge in [0.25, 0.3) is 0 Å². The predicted molar refractivity (Wildman–Crippen MR) is 204 cm³/mol. The molecule has 47 heavy (non-hydrogen) atoms. The normalized spacial score (nSPS) is 11.2. The molecule has 0 nitrogen and oxygen atoms in total. The van der Waals surface area contributed by atoms with E-state index in [1.165, 1.54) is 64.5 Å². The Morgan fingerprint density at radius 3 is 0.851 bits per heavy atom. The van der Waals surface area contributed by atoms with Crippen molar-refractivity contribution in [3.8, 4) is 11.1 Å². The van der Waals surface area contributed by atoms with Crippen LogP contribution in [0.5, 0.6) is 0 Å². The Hall–Kier alpha value is -4.24. The Labute approximate surface area is 292 Å². The molecule has 0 fully saturated rings. The van der Waals surface area contributed by atoms with Gasteiger partial charge in [0, 0.05) is 0 Å². The van der Waals surface area contributed by atoms with Crippen molar-refractivity contribution in [2.24, 2.45) is 0 Å². The molecule has 0 amide bonds. The van der Waals surface area contributed by atoms with Crippen LogP contribution in [0.1, 0.15) is 0 Å². The van der Waals surface area contributed by atoms with Crippen molar-refractivity contribution in [3.05, 3.63) is 194 Å². The molecular weight excluding hydrogens is 692 g/mol.